The first kappa shape index (κ1) is 23.4. The molecule has 1 fully saturated rings. The van der Waals surface area contributed by atoms with Crippen molar-refractivity contribution in [3.8, 4) is 5.75 Å². The number of ether oxygens (including phenoxy) is 1. The number of ketones is 1. The number of H-pyrrole nitrogens is 1. The number of amides is 1. The Hall–Kier alpha value is -4.32. The van der Waals surface area contributed by atoms with Gasteiger partial charge < -0.3 is 14.8 Å². The third kappa shape index (κ3) is 4.15. The highest BCUT2D eigenvalue weighted by atomic mass is 16.5. The molecule has 0 aliphatic carbocycles. The van der Waals surface area contributed by atoms with E-state index in [0.717, 1.165) is 22.0 Å². The largest absolute Gasteiger partial charge is 0.507 e. The minimum absolute atomic E-state index is 0.0566. The van der Waals surface area contributed by atoms with E-state index >= 15 is 0 Å². The molecule has 1 unspecified atom stereocenters. The number of benzene rings is 3. The maximum absolute atomic E-state index is 13.4. The van der Waals surface area contributed by atoms with Crippen molar-refractivity contribution >= 4 is 34.0 Å². The van der Waals surface area contributed by atoms with Crippen LogP contribution in [-0.4, -0.2) is 28.4 Å². The van der Waals surface area contributed by atoms with Crippen molar-refractivity contribution in [3.63, 3.8) is 0 Å². The van der Waals surface area contributed by atoms with Crippen LogP contribution in [0.25, 0.3) is 16.7 Å². The van der Waals surface area contributed by atoms with Crippen molar-refractivity contribution in [2.75, 3.05) is 11.5 Å². The first-order valence-electron chi connectivity index (χ1n) is 12.0. The molecule has 2 N–H and O–H groups in total. The molecule has 0 saturated carbocycles. The average Bonchev–Trinajstić information content (AvgIpc) is 3.42. The number of aryl methyl sites for hydroxylation is 1. The van der Waals surface area contributed by atoms with E-state index in [1.165, 1.54) is 4.90 Å². The molecule has 1 aliphatic heterocycles. The molecule has 3 aromatic carbocycles. The number of hydrogen-bond acceptors (Lipinski definition) is 4. The Labute approximate surface area is 209 Å². The van der Waals surface area contributed by atoms with Crippen molar-refractivity contribution in [3.05, 3.63) is 101 Å². The van der Waals surface area contributed by atoms with Gasteiger partial charge in [-0.3, -0.25) is 14.5 Å². The van der Waals surface area contributed by atoms with E-state index in [9.17, 15) is 14.7 Å². The van der Waals surface area contributed by atoms with E-state index in [4.69, 9.17) is 4.74 Å². The van der Waals surface area contributed by atoms with Gasteiger partial charge in [0.1, 0.15) is 11.5 Å². The molecule has 4 aromatic rings. The van der Waals surface area contributed by atoms with Crippen molar-refractivity contribution in [2.45, 2.75) is 26.8 Å². The number of nitrogens with one attached hydrogen (secondary N) is 1. The normalized spacial score (nSPS) is 17.3. The van der Waals surface area contributed by atoms with Crippen molar-refractivity contribution in [2.24, 2.45) is 5.92 Å². The molecule has 1 aromatic heterocycles. The van der Waals surface area contributed by atoms with Crippen LogP contribution in [0, 0.1) is 12.8 Å². The number of Topliss-reactive ketones (excluding diaryl/α,β-unsaturated/α-hetero) is 1. The van der Waals surface area contributed by atoms with Crippen molar-refractivity contribution in [1.29, 1.82) is 0 Å². The third-order valence-electron chi connectivity index (χ3n) is 6.38. The molecule has 0 bridgehead atoms. The topological polar surface area (TPSA) is 82.6 Å². The molecule has 0 spiro atoms. The standard InChI is InChI=1S/C30H28N2O4/c1-18(2)17-36-22-14-10-20(11-15-22)28(33)26-27(24-16-31-25-7-5-4-6-23(24)25)32(30(35)29(26)34)21-12-8-19(3)9-13-21/h4-16,18,27,31,33H,17H2,1-3H3/b28-26+. The number of aromatic nitrogens is 1. The lowest BCUT2D eigenvalue weighted by atomic mass is 9.94. The number of fused-ring (bicyclic) bond motifs is 1. The van der Waals surface area contributed by atoms with Crippen LogP contribution < -0.4 is 9.64 Å². The SMILES string of the molecule is Cc1ccc(N2C(=O)C(=O)/C(=C(/O)c3ccc(OCC(C)C)cc3)C2c2c[nH]c3ccccc23)cc1. The maximum atomic E-state index is 13.4. The lowest BCUT2D eigenvalue weighted by molar-refractivity contribution is -0.132. The van der Waals surface area contributed by atoms with Gasteiger partial charge >= 0.3 is 0 Å². The molecule has 6 nitrogen and oxygen atoms in total. The summed E-state index contributed by atoms with van der Waals surface area (Å²) in [4.78, 5) is 31.5. The predicted octanol–water partition coefficient (Wildman–Crippen LogP) is 6.14. The van der Waals surface area contributed by atoms with E-state index < -0.39 is 17.7 Å². The zero-order valence-corrected chi connectivity index (χ0v) is 20.5. The Morgan fingerprint density at radius 3 is 2.39 bits per heavy atom. The Morgan fingerprint density at radius 2 is 1.69 bits per heavy atom. The second-order valence-corrected chi connectivity index (χ2v) is 9.52. The summed E-state index contributed by atoms with van der Waals surface area (Å²) in [5.41, 5.74) is 3.76. The average molecular weight is 481 g/mol. The van der Waals surface area contributed by atoms with Crippen molar-refractivity contribution < 1.29 is 19.4 Å². The van der Waals surface area contributed by atoms with E-state index in [2.05, 4.69) is 18.8 Å². The maximum Gasteiger partial charge on any atom is 0.300 e. The van der Waals surface area contributed by atoms with Gasteiger partial charge in [0.05, 0.1) is 18.2 Å². The Balaban J connectivity index is 1.65. The minimum Gasteiger partial charge on any atom is -0.507 e. The van der Waals surface area contributed by atoms with Gasteiger partial charge in [-0.25, -0.2) is 0 Å². The molecule has 1 aliphatic rings. The van der Waals surface area contributed by atoms with Crippen molar-refractivity contribution in [1.82, 2.24) is 4.98 Å². The molecular formula is C30H28N2O4. The highest BCUT2D eigenvalue weighted by molar-refractivity contribution is 6.51. The Morgan fingerprint density at radius 1 is 1.00 bits per heavy atom. The van der Waals surface area contributed by atoms with Gasteiger partial charge in [-0.15, -0.1) is 0 Å². The third-order valence-corrected chi connectivity index (χ3v) is 6.38. The van der Waals surface area contributed by atoms with Crippen LogP contribution in [0.1, 0.15) is 36.6 Å². The number of carbonyl (C=O) groups is 2. The minimum atomic E-state index is -0.791. The second-order valence-electron chi connectivity index (χ2n) is 9.52. The summed E-state index contributed by atoms with van der Waals surface area (Å²) in [6, 6.07) is 21.3. The summed E-state index contributed by atoms with van der Waals surface area (Å²) in [6.07, 6.45) is 1.80. The molecule has 182 valence electrons. The number of nitrogens with zero attached hydrogens (tertiary/aromatic N) is 1. The quantitative estimate of drug-likeness (QED) is 0.197. The number of anilines is 1. The van der Waals surface area contributed by atoms with Gasteiger partial charge in [0.15, 0.2) is 0 Å². The monoisotopic (exact) mass is 480 g/mol. The number of aliphatic hydroxyl groups is 1. The Kier molecular flexibility index (Phi) is 6.10. The van der Waals surface area contributed by atoms with E-state index in [0.29, 0.717) is 29.5 Å². The van der Waals surface area contributed by atoms with Gasteiger partial charge in [-0.1, -0.05) is 49.7 Å². The van der Waals surface area contributed by atoms with Crippen LogP contribution in [-0.2, 0) is 9.59 Å². The fourth-order valence-electron chi connectivity index (χ4n) is 4.55. The highest BCUT2D eigenvalue weighted by Gasteiger charge is 2.47. The van der Waals surface area contributed by atoms with Crippen LogP contribution in [0.4, 0.5) is 5.69 Å². The number of aliphatic hydroxyl groups excluding tert-OH is 1. The van der Waals surface area contributed by atoms with Gasteiger partial charge in [0, 0.05) is 33.9 Å². The summed E-state index contributed by atoms with van der Waals surface area (Å²) < 4.78 is 5.75. The zero-order chi connectivity index (χ0) is 25.4. The first-order valence-corrected chi connectivity index (χ1v) is 12.0. The molecule has 6 heteroatoms. The zero-order valence-electron chi connectivity index (χ0n) is 20.5. The summed E-state index contributed by atoms with van der Waals surface area (Å²) in [6.45, 7) is 6.67. The predicted molar refractivity (Wildman–Crippen MR) is 141 cm³/mol. The summed E-state index contributed by atoms with van der Waals surface area (Å²) in [5, 5.41) is 12.3. The van der Waals surface area contributed by atoms with Crippen LogP contribution in [0.15, 0.2) is 84.6 Å². The highest BCUT2D eigenvalue weighted by Crippen LogP contribution is 2.44. The van der Waals surface area contributed by atoms with Gasteiger partial charge in [0.2, 0.25) is 0 Å². The second kappa shape index (κ2) is 9.38. The van der Waals surface area contributed by atoms with Crippen LogP contribution in [0.2, 0.25) is 0 Å². The fourth-order valence-corrected chi connectivity index (χ4v) is 4.55. The summed E-state index contributed by atoms with van der Waals surface area (Å²) in [5.74, 6) is -0.551. The molecule has 1 atom stereocenters. The molecule has 1 saturated heterocycles. The number of carbonyl (C=O) groups excluding carboxylic acids is 2. The first-order chi connectivity index (χ1) is 17.3. The lowest BCUT2D eigenvalue weighted by Gasteiger charge is -2.25. The van der Waals surface area contributed by atoms with E-state index in [1.807, 2.05) is 55.5 Å². The summed E-state index contributed by atoms with van der Waals surface area (Å²) >= 11 is 0. The molecule has 1 amide bonds. The lowest BCUT2D eigenvalue weighted by Crippen LogP contribution is -2.29. The molecule has 5 rings (SSSR count). The van der Waals surface area contributed by atoms with Gasteiger partial charge in [-0.05, 0) is 55.3 Å². The summed E-state index contributed by atoms with van der Waals surface area (Å²) in [7, 11) is 0. The van der Waals surface area contributed by atoms with Gasteiger partial charge in [-0.2, -0.15) is 0 Å². The van der Waals surface area contributed by atoms with Crippen LogP contribution >= 0.6 is 0 Å². The van der Waals surface area contributed by atoms with Gasteiger partial charge in [0.25, 0.3) is 11.7 Å². The molecule has 36 heavy (non-hydrogen) atoms. The Bertz CT molecular complexity index is 1460. The number of rotatable bonds is 6. The fraction of sp³-hybridized carbons (Fsp3) is 0.200. The van der Waals surface area contributed by atoms with E-state index in [1.54, 1.807) is 30.5 Å². The number of hydrogen-bond donors (Lipinski definition) is 2. The molecule has 0 radical (unpaired) electrons. The number of para-hydroxylation sites is 1. The van der Waals surface area contributed by atoms with Crippen LogP contribution in [0.3, 0.4) is 0 Å². The van der Waals surface area contributed by atoms with Crippen LogP contribution in [0.5, 0.6) is 5.75 Å². The molecule has 2 heterocycles. The molecular weight excluding hydrogens is 452 g/mol. The van der Waals surface area contributed by atoms with E-state index in [-0.39, 0.29) is 11.3 Å². The number of aromatic amines is 1. The smallest absolute Gasteiger partial charge is 0.300 e.